The van der Waals surface area contributed by atoms with E-state index in [9.17, 15) is 13.9 Å². The molecular formula is C24H18F2N3O2S+. The Kier molecular flexibility index (Phi) is 5.28. The summed E-state index contributed by atoms with van der Waals surface area (Å²) >= 11 is 1.50. The van der Waals surface area contributed by atoms with Crippen molar-refractivity contribution < 1.29 is 23.6 Å². The van der Waals surface area contributed by atoms with Crippen LogP contribution in [0.25, 0.3) is 21.1 Å². The van der Waals surface area contributed by atoms with Crippen LogP contribution in [0.4, 0.5) is 13.9 Å². The molecule has 0 amide bonds. The second kappa shape index (κ2) is 8.39. The molecule has 1 atom stereocenters. The number of alkyl halides is 2. The number of H-pyrrole nitrogens is 1. The van der Waals surface area contributed by atoms with E-state index in [2.05, 4.69) is 20.0 Å². The first-order valence-electron chi connectivity index (χ1n) is 9.87. The number of pyridine rings is 1. The van der Waals surface area contributed by atoms with E-state index in [1.807, 2.05) is 48.5 Å². The molecule has 5 nitrogen and oxygen atoms in total. The minimum atomic E-state index is -2.89. The summed E-state index contributed by atoms with van der Waals surface area (Å²) in [6.07, 6.45) is 1.75. The van der Waals surface area contributed by atoms with Gasteiger partial charge in [0.05, 0.1) is 21.6 Å². The van der Waals surface area contributed by atoms with Crippen molar-refractivity contribution >= 4 is 37.6 Å². The second-order valence-electron chi connectivity index (χ2n) is 7.15. The molecule has 3 aromatic carbocycles. The van der Waals surface area contributed by atoms with Gasteiger partial charge in [0.25, 0.3) is 5.52 Å². The van der Waals surface area contributed by atoms with E-state index in [-0.39, 0.29) is 11.5 Å². The average molecular weight is 450 g/mol. The minimum Gasteiger partial charge on any atom is -0.502 e. The van der Waals surface area contributed by atoms with Gasteiger partial charge in [0, 0.05) is 11.6 Å². The van der Waals surface area contributed by atoms with Gasteiger partial charge in [-0.05, 0) is 42.0 Å². The van der Waals surface area contributed by atoms with E-state index in [4.69, 9.17) is 0 Å². The van der Waals surface area contributed by atoms with Crippen LogP contribution in [0.3, 0.4) is 0 Å². The molecular weight excluding hydrogens is 432 g/mol. The van der Waals surface area contributed by atoms with Crippen molar-refractivity contribution in [2.75, 3.05) is 5.32 Å². The van der Waals surface area contributed by atoms with E-state index in [1.165, 1.54) is 23.5 Å². The quantitative estimate of drug-likeness (QED) is 0.345. The van der Waals surface area contributed by atoms with Crippen LogP contribution in [-0.2, 0) is 0 Å². The fourth-order valence-electron chi connectivity index (χ4n) is 3.67. The van der Waals surface area contributed by atoms with Crippen LogP contribution in [0.15, 0.2) is 79.0 Å². The van der Waals surface area contributed by atoms with Gasteiger partial charge in [0.1, 0.15) is 5.75 Å². The number of benzene rings is 3. The van der Waals surface area contributed by atoms with Gasteiger partial charge in [-0.2, -0.15) is 8.78 Å². The van der Waals surface area contributed by atoms with Crippen LogP contribution in [0.1, 0.15) is 17.2 Å². The number of phenolic OH excluding ortho intramolecular Hbond substituents is 1. The molecule has 0 radical (unpaired) electrons. The van der Waals surface area contributed by atoms with Crippen molar-refractivity contribution in [3.63, 3.8) is 0 Å². The van der Waals surface area contributed by atoms with Crippen LogP contribution < -0.4 is 15.0 Å². The zero-order valence-corrected chi connectivity index (χ0v) is 17.4. The molecule has 3 N–H and O–H groups in total. The molecule has 160 valence electrons. The Balaban J connectivity index is 1.59. The molecule has 0 aliphatic carbocycles. The number of aromatic hydroxyl groups is 1. The van der Waals surface area contributed by atoms with Crippen LogP contribution in [-0.4, -0.2) is 16.7 Å². The summed E-state index contributed by atoms with van der Waals surface area (Å²) in [6, 6.07) is 21.2. The van der Waals surface area contributed by atoms with Gasteiger partial charge in [-0.25, -0.2) is 9.97 Å². The number of nitrogens with one attached hydrogen (secondary N) is 2. The molecule has 0 saturated heterocycles. The molecule has 0 fully saturated rings. The lowest BCUT2D eigenvalue weighted by Crippen LogP contribution is -2.14. The topological polar surface area (TPSA) is 68.5 Å². The Hall–Kier alpha value is -3.78. The SMILES string of the molecule is Oc1c(C(Nc2nc3ccccc3s2)c2ccc(OC(F)F)cc2)ccc2ccc[nH+]c12. The van der Waals surface area contributed by atoms with Gasteiger partial charge in [0.2, 0.25) is 0 Å². The number of aromatic amines is 1. The molecule has 0 aliphatic rings. The van der Waals surface area contributed by atoms with E-state index in [1.54, 1.807) is 18.3 Å². The summed E-state index contributed by atoms with van der Waals surface area (Å²) in [5.41, 5.74) is 2.87. The number of rotatable bonds is 6. The first-order valence-corrected chi connectivity index (χ1v) is 10.7. The highest BCUT2D eigenvalue weighted by Crippen LogP contribution is 2.37. The number of thiazole rings is 1. The highest BCUT2D eigenvalue weighted by Gasteiger charge is 2.23. The molecule has 2 aromatic heterocycles. The molecule has 0 bridgehead atoms. The van der Waals surface area contributed by atoms with Crippen LogP contribution in [0.5, 0.6) is 11.5 Å². The van der Waals surface area contributed by atoms with E-state index in [0.29, 0.717) is 16.2 Å². The predicted octanol–water partition coefficient (Wildman–Crippen LogP) is 5.77. The highest BCUT2D eigenvalue weighted by atomic mass is 32.1. The zero-order valence-electron chi connectivity index (χ0n) is 16.6. The van der Waals surface area contributed by atoms with Gasteiger partial charge in [-0.1, -0.05) is 41.7 Å². The van der Waals surface area contributed by atoms with Gasteiger partial charge < -0.3 is 15.2 Å². The van der Waals surface area contributed by atoms with Gasteiger partial charge >= 0.3 is 6.61 Å². The van der Waals surface area contributed by atoms with E-state index in [0.717, 1.165) is 21.2 Å². The second-order valence-corrected chi connectivity index (χ2v) is 8.18. The third-order valence-corrected chi connectivity index (χ3v) is 6.12. The molecule has 0 spiro atoms. The van der Waals surface area contributed by atoms with E-state index >= 15 is 0 Å². The van der Waals surface area contributed by atoms with Gasteiger partial charge in [0.15, 0.2) is 17.1 Å². The van der Waals surface area contributed by atoms with Crippen LogP contribution >= 0.6 is 11.3 Å². The molecule has 1 unspecified atom stereocenters. The van der Waals surface area contributed by atoms with Gasteiger partial charge in [-0.3, -0.25) is 0 Å². The fraction of sp³-hybridized carbons (Fsp3) is 0.0833. The normalized spacial score (nSPS) is 12.3. The Morgan fingerprint density at radius 1 is 0.969 bits per heavy atom. The van der Waals surface area contributed by atoms with Crippen LogP contribution in [0, 0.1) is 0 Å². The maximum absolute atomic E-state index is 12.6. The number of para-hydroxylation sites is 1. The Morgan fingerprint density at radius 2 is 1.78 bits per heavy atom. The molecule has 8 heteroatoms. The van der Waals surface area contributed by atoms with Crippen molar-refractivity contribution in [3.8, 4) is 11.5 Å². The standard InChI is InChI=1S/C24H17F2N3O2S/c25-23(26)31-16-10-7-15(8-11-16)20(29-24-28-18-5-1-2-6-19(18)32-24)17-12-9-14-4-3-13-27-21(14)22(17)30/h1-13,20,23,30H,(H,28,29)/p+1. The molecule has 2 heterocycles. The van der Waals surface area contributed by atoms with Crippen molar-refractivity contribution in [2.24, 2.45) is 0 Å². The molecule has 32 heavy (non-hydrogen) atoms. The maximum atomic E-state index is 12.6. The molecule has 0 saturated carbocycles. The average Bonchev–Trinajstić information content (AvgIpc) is 3.21. The van der Waals surface area contributed by atoms with Gasteiger partial charge in [-0.15, -0.1) is 0 Å². The lowest BCUT2D eigenvalue weighted by atomic mass is 9.96. The monoisotopic (exact) mass is 450 g/mol. The van der Waals surface area contributed by atoms with Crippen molar-refractivity contribution in [1.82, 2.24) is 4.98 Å². The highest BCUT2D eigenvalue weighted by molar-refractivity contribution is 7.22. The third-order valence-electron chi connectivity index (χ3n) is 5.15. The summed E-state index contributed by atoms with van der Waals surface area (Å²) in [5, 5.41) is 16.0. The number of fused-ring (bicyclic) bond motifs is 2. The first kappa shape index (κ1) is 20.1. The number of phenols is 1. The number of ether oxygens (including phenoxy) is 1. The summed E-state index contributed by atoms with van der Waals surface area (Å²) in [5.74, 6) is 0.174. The van der Waals surface area contributed by atoms with Crippen LogP contribution in [0.2, 0.25) is 0 Å². The third kappa shape index (κ3) is 3.92. The largest absolute Gasteiger partial charge is 0.502 e. The Morgan fingerprint density at radius 3 is 2.56 bits per heavy atom. The maximum Gasteiger partial charge on any atom is 0.387 e. The molecule has 5 aromatic rings. The van der Waals surface area contributed by atoms with E-state index < -0.39 is 12.7 Å². The van der Waals surface area contributed by atoms with Crippen molar-refractivity contribution in [1.29, 1.82) is 0 Å². The molecule has 5 rings (SSSR count). The Labute approximate surface area is 186 Å². The molecule has 0 aliphatic heterocycles. The number of hydrogen-bond donors (Lipinski definition) is 2. The number of anilines is 1. The minimum absolute atomic E-state index is 0.0681. The zero-order chi connectivity index (χ0) is 22.1. The summed E-state index contributed by atoms with van der Waals surface area (Å²) in [6.45, 7) is -2.89. The Bertz CT molecular complexity index is 1360. The summed E-state index contributed by atoms with van der Waals surface area (Å²) in [7, 11) is 0. The predicted molar refractivity (Wildman–Crippen MR) is 120 cm³/mol. The first-order chi connectivity index (χ1) is 15.6. The lowest BCUT2D eigenvalue weighted by Gasteiger charge is -2.20. The van der Waals surface area contributed by atoms with Crippen molar-refractivity contribution in [3.05, 3.63) is 90.1 Å². The smallest absolute Gasteiger partial charge is 0.387 e. The number of hydrogen-bond acceptors (Lipinski definition) is 5. The number of halogens is 2. The number of aromatic nitrogens is 2. The summed E-state index contributed by atoms with van der Waals surface area (Å²) < 4.78 is 30.6. The summed E-state index contributed by atoms with van der Waals surface area (Å²) in [4.78, 5) is 7.73. The van der Waals surface area contributed by atoms with Crippen molar-refractivity contribution in [2.45, 2.75) is 12.7 Å². The fourth-order valence-corrected chi connectivity index (χ4v) is 4.56. The number of nitrogens with zero attached hydrogens (tertiary/aromatic N) is 1. The lowest BCUT2D eigenvalue weighted by molar-refractivity contribution is -0.345.